The minimum absolute atomic E-state index is 0.415. The lowest BCUT2D eigenvalue weighted by Gasteiger charge is -2.43. The zero-order valence-electron chi connectivity index (χ0n) is 12.3. The molecule has 1 unspecified atom stereocenters. The van der Waals surface area contributed by atoms with Gasteiger partial charge in [-0.25, -0.2) is 0 Å². The number of ether oxygens (including phenoxy) is 1. The summed E-state index contributed by atoms with van der Waals surface area (Å²) in [6.07, 6.45) is -0.707. The highest BCUT2D eigenvalue weighted by atomic mass is 35.5. The van der Waals surface area contributed by atoms with Gasteiger partial charge in [0.1, 0.15) is 17.4 Å². The Morgan fingerprint density at radius 1 is 1.24 bits per heavy atom. The molecule has 0 saturated carbocycles. The number of halogens is 1. The van der Waals surface area contributed by atoms with Crippen molar-refractivity contribution in [3.63, 3.8) is 0 Å². The Kier molecular flexibility index (Phi) is 3.97. The zero-order valence-corrected chi connectivity index (χ0v) is 13.1. The minimum atomic E-state index is -0.707. The standard InChI is InChI=1S/C16H20ClNO3/c1-16(2,18-5-7-20-8-6-18)15(19)14-10-11-9-12(17)3-4-13(11)21-14/h3-4,9-10,15,19H,5-8H2,1-2H3. The molecule has 1 atom stereocenters. The summed E-state index contributed by atoms with van der Waals surface area (Å²) in [5.74, 6) is 0.573. The molecule has 2 aromatic rings. The molecule has 2 heterocycles. The van der Waals surface area contributed by atoms with Gasteiger partial charge in [0.15, 0.2) is 0 Å². The van der Waals surface area contributed by atoms with E-state index in [1.165, 1.54) is 0 Å². The van der Waals surface area contributed by atoms with Crippen molar-refractivity contribution in [1.82, 2.24) is 4.90 Å². The van der Waals surface area contributed by atoms with E-state index in [-0.39, 0.29) is 0 Å². The van der Waals surface area contributed by atoms with Crippen LogP contribution >= 0.6 is 11.6 Å². The van der Waals surface area contributed by atoms with E-state index in [1.807, 2.05) is 32.0 Å². The van der Waals surface area contributed by atoms with Crippen LogP contribution in [0.4, 0.5) is 0 Å². The number of rotatable bonds is 3. The van der Waals surface area contributed by atoms with E-state index in [0.717, 1.165) is 24.1 Å². The summed E-state index contributed by atoms with van der Waals surface area (Å²) in [6, 6.07) is 7.33. The van der Waals surface area contributed by atoms with Crippen molar-refractivity contribution in [1.29, 1.82) is 0 Å². The largest absolute Gasteiger partial charge is 0.458 e. The summed E-state index contributed by atoms with van der Waals surface area (Å²) in [7, 11) is 0. The number of morpholine rings is 1. The van der Waals surface area contributed by atoms with Crippen molar-refractivity contribution in [3.8, 4) is 0 Å². The van der Waals surface area contributed by atoms with E-state index in [0.29, 0.717) is 24.0 Å². The van der Waals surface area contributed by atoms with Gasteiger partial charge in [0, 0.05) is 29.0 Å². The van der Waals surface area contributed by atoms with Crippen LogP contribution in [0.5, 0.6) is 0 Å². The third kappa shape index (κ3) is 2.81. The van der Waals surface area contributed by atoms with Gasteiger partial charge < -0.3 is 14.3 Å². The maximum absolute atomic E-state index is 10.8. The van der Waals surface area contributed by atoms with Crippen molar-refractivity contribution in [2.45, 2.75) is 25.5 Å². The lowest BCUT2D eigenvalue weighted by atomic mass is 9.92. The Morgan fingerprint density at radius 2 is 1.95 bits per heavy atom. The summed E-state index contributed by atoms with van der Waals surface area (Å²) >= 11 is 5.99. The highest BCUT2D eigenvalue weighted by Crippen LogP contribution is 2.35. The molecule has 21 heavy (non-hydrogen) atoms. The van der Waals surface area contributed by atoms with Crippen LogP contribution < -0.4 is 0 Å². The van der Waals surface area contributed by atoms with Gasteiger partial charge in [-0.3, -0.25) is 4.90 Å². The number of aliphatic hydroxyl groups excluding tert-OH is 1. The van der Waals surface area contributed by atoms with Crippen molar-refractivity contribution >= 4 is 22.6 Å². The molecule has 5 heteroatoms. The molecular formula is C16H20ClNO3. The van der Waals surface area contributed by atoms with Gasteiger partial charge in [0.2, 0.25) is 0 Å². The van der Waals surface area contributed by atoms with Crippen LogP contribution in [-0.2, 0) is 4.74 Å². The van der Waals surface area contributed by atoms with E-state index < -0.39 is 11.6 Å². The molecule has 0 bridgehead atoms. The first-order chi connectivity index (χ1) is 9.98. The summed E-state index contributed by atoms with van der Waals surface area (Å²) in [4.78, 5) is 2.24. The van der Waals surface area contributed by atoms with Crippen molar-refractivity contribution < 1.29 is 14.3 Å². The second-order valence-electron chi connectivity index (χ2n) is 5.99. The second-order valence-corrected chi connectivity index (χ2v) is 6.42. The van der Waals surface area contributed by atoms with Crippen LogP contribution in [0.1, 0.15) is 25.7 Å². The number of fused-ring (bicyclic) bond motifs is 1. The Hall–Kier alpha value is -1.07. The molecular weight excluding hydrogens is 290 g/mol. The monoisotopic (exact) mass is 309 g/mol. The van der Waals surface area contributed by atoms with Gasteiger partial charge in [-0.2, -0.15) is 0 Å². The number of aliphatic hydroxyl groups is 1. The predicted molar refractivity (Wildman–Crippen MR) is 82.7 cm³/mol. The molecule has 114 valence electrons. The van der Waals surface area contributed by atoms with Crippen molar-refractivity contribution in [3.05, 3.63) is 35.0 Å². The Bertz CT molecular complexity index is 631. The number of nitrogens with zero attached hydrogens (tertiary/aromatic N) is 1. The van der Waals surface area contributed by atoms with E-state index in [4.69, 9.17) is 20.8 Å². The normalized spacial score (nSPS) is 19.0. The lowest BCUT2D eigenvalue weighted by Crippen LogP contribution is -2.53. The van der Waals surface area contributed by atoms with E-state index in [2.05, 4.69) is 4.90 Å². The zero-order chi connectivity index (χ0) is 15.0. The fourth-order valence-electron chi connectivity index (χ4n) is 2.83. The van der Waals surface area contributed by atoms with E-state index >= 15 is 0 Å². The topological polar surface area (TPSA) is 45.8 Å². The number of benzene rings is 1. The third-order valence-corrected chi connectivity index (χ3v) is 4.50. The predicted octanol–water partition coefficient (Wildman–Crippen LogP) is 3.23. The quantitative estimate of drug-likeness (QED) is 0.945. The fourth-order valence-corrected chi connectivity index (χ4v) is 3.01. The van der Waals surface area contributed by atoms with E-state index in [1.54, 1.807) is 6.07 Å². The van der Waals surface area contributed by atoms with Gasteiger partial charge in [-0.1, -0.05) is 11.6 Å². The van der Waals surface area contributed by atoms with Gasteiger partial charge in [0.25, 0.3) is 0 Å². The smallest absolute Gasteiger partial charge is 0.135 e. The Labute approximate surface area is 129 Å². The molecule has 1 aromatic heterocycles. The highest BCUT2D eigenvalue weighted by molar-refractivity contribution is 6.31. The van der Waals surface area contributed by atoms with Crippen molar-refractivity contribution in [2.24, 2.45) is 0 Å². The first-order valence-corrected chi connectivity index (χ1v) is 7.56. The van der Waals surface area contributed by atoms with Gasteiger partial charge in [-0.15, -0.1) is 0 Å². The van der Waals surface area contributed by atoms with Crippen LogP contribution in [0.25, 0.3) is 11.0 Å². The minimum Gasteiger partial charge on any atom is -0.458 e. The van der Waals surface area contributed by atoms with Crippen LogP contribution in [0.3, 0.4) is 0 Å². The first kappa shape index (κ1) is 14.9. The average molecular weight is 310 g/mol. The van der Waals surface area contributed by atoms with Crippen LogP contribution in [-0.4, -0.2) is 41.8 Å². The maximum atomic E-state index is 10.8. The van der Waals surface area contributed by atoms with Gasteiger partial charge in [0.05, 0.1) is 13.2 Å². The second kappa shape index (κ2) is 5.61. The van der Waals surface area contributed by atoms with Gasteiger partial charge >= 0.3 is 0 Å². The molecule has 1 aliphatic heterocycles. The number of furan rings is 1. The molecule has 0 radical (unpaired) electrons. The lowest BCUT2D eigenvalue weighted by molar-refractivity contribution is -0.0686. The molecule has 1 aliphatic rings. The average Bonchev–Trinajstić information content (AvgIpc) is 2.90. The Morgan fingerprint density at radius 3 is 2.67 bits per heavy atom. The van der Waals surface area contributed by atoms with Gasteiger partial charge in [-0.05, 0) is 38.1 Å². The van der Waals surface area contributed by atoms with Crippen LogP contribution in [0.2, 0.25) is 5.02 Å². The number of hydrogen-bond acceptors (Lipinski definition) is 4. The summed E-state index contributed by atoms with van der Waals surface area (Å²) in [6.45, 7) is 7.09. The maximum Gasteiger partial charge on any atom is 0.135 e. The molecule has 1 saturated heterocycles. The first-order valence-electron chi connectivity index (χ1n) is 7.18. The summed E-state index contributed by atoms with van der Waals surface area (Å²) in [5.41, 5.74) is 0.327. The molecule has 0 spiro atoms. The number of hydrogen-bond donors (Lipinski definition) is 1. The Balaban J connectivity index is 1.89. The van der Waals surface area contributed by atoms with Crippen LogP contribution in [0.15, 0.2) is 28.7 Å². The molecule has 0 amide bonds. The molecule has 1 aromatic carbocycles. The molecule has 1 fully saturated rings. The van der Waals surface area contributed by atoms with E-state index in [9.17, 15) is 5.11 Å². The summed E-state index contributed by atoms with van der Waals surface area (Å²) in [5, 5.41) is 12.3. The molecule has 0 aliphatic carbocycles. The SMILES string of the molecule is CC(C)(C(O)c1cc2cc(Cl)ccc2o1)N1CCOCC1. The molecule has 4 nitrogen and oxygen atoms in total. The summed E-state index contributed by atoms with van der Waals surface area (Å²) < 4.78 is 11.2. The molecule has 3 rings (SSSR count). The molecule has 1 N–H and O–H groups in total. The fraction of sp³-hybridized carbons (Fsp3) is 0.500. The third-order valence-electron chi connectivity index (χ3n) is 4.26. The highest BCUT2D eigenvalue weighted by Gasteiger charge is 2.37. The van der Waals surface area contributed by atoms with Crippen LogP contribution in [0, 0.1) is 0 Å². The van der Waals surface area contributed by atoms with Crippen molar-refractivity contribution in [2.75, 3.05) is 26.3 Å².